The zero-order valence-electron chi connectivity index (χ0n) is 21.7. The van der Waals surface area contributed by atoms with E-state index in [1.54, 1.807) is 78.9 Å². The van der Waals surface area contributed by atoms with Crippen LogP contribution in [0.2, 0.25) is 0 Å². The lowest BCUT2D eigenvalue weighted by molar-refractivity contribution is -0.112. The average Bonchev–Trinajstić information content (AvgIpc) is 3.44. The standard InChI is InChI=1S/C31H27N3O7/c32-24-8-4-5-9-25(24)34-29(36)17-16-27(40-23-6-2-1-3-7-23)30(20-10-13-22(35)14-11-20)41-31(37)33-21-12-15-26-28(18-21)39-19-38-26/h1-18,27,30,35H,19,32H2,(H,33,37)(H,34,36)/b17-16+/t27-,30-/m1/s1. The van der Waals surface area contributed by atoms with Gasteiger partial charge < -0.3 is 35.1 Å². The van der Waals surface area contributed by atoms with Gasteiger partial charge in [0, 0.05) is 17.8 Å². The van der Waals surface area contributed by atoms with E-state index in [0.717, 1.165) is 0 Å². The van der Waals surface area contributed by atoms with Gasteiger partial charge in [-0.1, -0.05) is 42.5 Å². The number of phenols is 1. The summed E-state index contributed by atoms with van der Waals surface area (Å²) in [5.41, 5.74) is 7.76. The Morgan fingerprint density at radius 2 is 1.61 bits per heavy atom. The van der Waals surface area contributed by atoms with Gasteiger partial charge in [-0.15, -0.1) is 0 Å². The molecule has 0 fully saturated rings. The van der Waals surface area contributed by atoms with Gasteiger partial charge in [0.1, 0.15) is 11.5 Å². The number of nitrogens with two attached hydrogens (primary N) is 1. The second-order valence-corrected chi connectivity index (χ2v) is 8.94. The predicted octanol–water partition coefficient (Wildman–Crippen LogP) is 5.64. The number of para-hydroxylation sites is 3. The zero-order chi connectivity index (χ0) is 28.6. The van der Waals surface area contributed by atoms with Crippen LogP contribution in [0.3, 0.4) is 0 Å². The molecule has 10 heteroatoms. The van der Waals surface area contributed by atoms with Crippen molar-refractivity contribution in [3.8, 4) is 23.0 Å². The van der Waals surface area contributed by atoms with Crippen LogP contribution in [-0.2, 0) is 9.53 Å². The summed E-state index contributed by atoms with van der Waals surface area (Å²) in [6, 6.07) is 26.9. The topological polar surface area (TPSA) is 141 Å². The SMILES string of the molecule is Nc1ccccc1NC(=O)/C=C/[C@@H](Oc1ccccc1)[C@H](OC(=O)Nc1ccc2c(c1)OCO2)c1ccc(O)cc1. The number of ether oxygens (including phenoxy) is 4. The Kier molecular flexibility index (Phi) is 8.20. The lowest BCUT2D eigenvalue weighted by atomic mass is 10.0. The smallest absolute Gasteiger partial charge is 0.412 e. The number of aromatic hydroxyl groups is 1. The van der Waals surface area contributed by atoms with Crippen LogP contribution in [0.15, 0.2) is 109 Å². The summed E-state index contributed by atoms with van der Waals surface area (Å²) in [6.07, 6.45) is 0.0110. The lowest BCUT2D eigenvalue weighted by Gasteiger charge is -2.26. The number of rotatable bonds is 9. The van der Waals surface area contributed by atoms with Gasteiger partial charge in [0.2, 0.25) is 12.7 Å². The molecule has 0 aromatic heterocycles. The second-order valence-electron chi connectivity index (χ2n) is 8.94. The monoisotopic (exact) mass is 553 g/mol. The molecular formula is C31H27N3O7. The van der Waals surface area contributed by atoms with Crippen LogP contribution in [0.25, 0.3) is 0 Å². The fourth-order valence-electron chi connectivity index (χ4n) is 4.05. The Morgan fingerprint density at radius 3 is 2.39 bits per heavy atom. The quantitative estimate of drug-likeness (QED) is 0.154. The van der Waals surface area contributed by atoms with E-state index in [2.05, 4.69) is 10.6 Å². The van der Waals surface area contributed by atoms with Crippen molar-refractivity contribution in [3.63, 3.8) is 0 Å². The number of nitrogen functional groups attached to an aromatic ring is 1. The third-order valence-corrected chi connectivity index (χ3v) is 6.04. The largest absolute Gasteiger partial charge is 0.508 e. The molecular weight excluding hydrogens is 526 g/mol. The van der Waals surface area contributed by atoms with Crippen LogP contribution in [0.4, 0.5) is 21.9 Å². The molecule has 1 heterocycles. The van der Waals surface area contributed by atoms with Crippen LogP contribution in [0.5, 0.6) is 23.0 Å². The highest BCUT2D eigenvalue weighted by Gasteiger charge is 2.28. The molecule has 4 aromatic carbocycles. The normalized spacial score (nSPS) is 13.3. The highest BCUT2D eigenvalue weighted by Crippen LogP contribution is 2.35. The van der Waals surface area contributed by atoms with E-state index >= 15 is 0 Å². The number of phenolic OH excluding ortho intramolecular Hbond substituents is 1. The van der Waals surface area contributed by atoms with Gasteiger partial charge in [-0.05, 0) is 60.2 Å². The number of amides is 2. The molecule has 10 nitrogen and oxygen atoms in total. The summed E-state index contributed by atoms with van der Waals surface area (Å²) in [6.45, 7) is 0.0987. The minimum Gasteiger partial charge on any atom is -0.508 e. The van der Waals surface area contributed by atoms with Gasteiger partial charge in [-0.25, -0.2) is 4.79 Å². The highest BCUT2D eigenvalue weighted by atomic mass is 16.7. The molecule has 1 aliphatic heterocycles. The molecule has 0 unspecified atom stereocenters. The van der Waals surface area contributed by atoms with Crippen molar-refractivity contribution in [2.45, 2.75) is 12.2 Å². The van der Waals surface area contributed by atoms with Crippen molar-refractivity contribution in [1.29, 1.82) is 0 Å². The lowest BCUT2D eigenvalue weighted by Crippen LogP contribution is -2.30. The van der Waals surface area contributed by atoms with Crippen molar-refractivity contribution in [2.75, 3.05) is 23.2 Å². The number of hydrogen-bond donors (Lipinski definition) is 4. The Hall–Kier alpha value is -5.64. The number of hydrogen-bond acceptors (Lipinski definition) is 8. The van der Waals surface area contributed by atoms with Crippen molar-refractivity contribution in [3.05, 3.63) is 115 Å². The maximum absolute atomic E-state index is 13.1. The van der Waals surface area contributed by atoms with Crippen LogP contribution < -0.4 is 30.6 Å². The highest BCUT2D eigenvalue weighted by molar-refractivity contribution is 6.01. The fraction of sp³-hybridized carbons (Fsp3) is 0.0968. The Labute approximate surface area is 235 Å². The van der Waals surface area contributed by atoms with Gasteiger partial charge in [-0.3, -0.25) is 10.1 Å². The number of carbonyl (C=O) groups is 2. The molecule has 0 bridgehead atoms. The number of nitrogens with one attached hydrogen (secondary N) is 2. The molecule has 1 aliphatic rings. The second kappa shape index (κ2) is 12.5. The molecule has 5 N–H and O–H groups in total. The first-order valence-electron chi connectivity index (χ1n) is 12.7. The van der Waals surface area contributed by atoms with E-state index in [1.165, 1.54) is 24.3 Å². The van der Waals surface area contributed by atoms with Crippen molar-refractivity contribution < 1.29 is 33.6 Å². The summed E-state index contributed by atoms with van der Waals surface area (Å²) < 4.78 is 22.8. The first kappa shape index (κ1) is 26.9. The Morgan fingerprint density at radius 1 is 0.878 bits per heavy atom. The number of benzene rings is 4. The number of fused-ring (bicyclic) bond motifs is 1. The minimum absolute atomic E-state index is 0.0354. The van der Waals surface area contributed by atoms with Gasteiger partial charge in [0.25, 0.3) is 0 Å². The van der Waals surface area contributed by atoms with Gasteiger partial charge in [0.15, 0.2) is 23.7 Å². The first-order chi connectivity index (χ1) is 19.9. The van der Waals surface area contributed by atoms with Crippen LogP contribution in [0.1, 0.15) is 11.7 Å². The molecule has 0 saturated heterocycles. The van der Waals surface area contributed by atoms with Crippen molar-refractivity contribution in [2.24, 2.45) is 0 Å². The number of anilines is 3. The molecule has 208 valence electrons. The fourth-order valence-corrected chi connectivity index (χ4v) is 4.05. The van der Waals surface area contributed by atoms with Gasteiger partial charge in [-0.2, -0.15) is 0 Å². The summed E-state index contributed by atoms with van der Waals surface area (Å²) in [5, 5.41) is 15.3. The molecule has 41 heavy (non-hydrogen) atoms. The van der Waals surface area contributed by atoms with Crippen LogP contribution in [-0.4, -0.2) is 30.0 Å². The Balaban J connectivity index is 1.41. The van der Waals surface area contributed by atoms with Gasteiger partial charge in [0.05, 0.1) is 11.4 Å². The van der Waals surface area contributed by atoms with E-state index in [9.17, 15) is 14.7 Å². The molecule has 2 atom stereocenters. The van der Waals surface area contributed by atoms with E-state index in [0.29, 0.717) is 39.9 Å². The molecule has 0 saturated carbocycles. The van der Waals surface area contributed by atoms with Crippen LogP contribution >= 0.6 is 0 Å². The maximum atomic E-state index is 13.1. The van der Waals surface area contributed by atoms with E-state index in [1.807, 2.05) is 6.07 Å². The predicted molar refractivity (Wildman–Crippen MR) is 153 cm³/mol. The summed E-state index contributed by atoms with van der Waals surface area (Å²) >= 11 is 0. The summed E-state index contributed by atoms with van der Waals surface area (Å²) in [4.78, 5) is 25.9. The molecule has 2 amide bonds. The average molecular weight is 554 g/mol. The molecule has 0 aliphatic carbocycles. The third kappa shape index (κ3) is 7.07. The molecule has 5 rings (SSSR count). The van der Waals surface area contributed by atoms with E-state index < -0.39 is 24.2 Å². The van der Waals surface area contributed by atoms with E-state index in [4.69, 9.17) is 24.7 Å². The molecule has 4 aromatic rings. The van der Waals surface area contributed by atoms with Crippen molar-refractivity contribution in [1.82, 2.24) is 0 Å². The molecule has 0 radical (unpaired) electrons. The molecule has 0 spiro atoms. The maximum Gasteiger partial charge on any atom is 0.412 e. The third-order valence-electron chi connectivity index (χ3n) is 6.04. The van der Waals surface area contributed by atoms with Crippen LogP contribution in [0, 0.1) is 0 Å². The van der Waals surface area contributed by atoms with E-state index in [-0.39, 0.29) is 12.5 Å². The van der Waals surface area contributed by atoms with Gasteiger partial charge >= 0.3 is 6.09 Å². The first-order valence-corrected chi connectivity index (χ1v) is 12.7. The minimum atomic E-state index is -1.03. The summed E-state index contributed by atoms with van der Waals surface area (Å²) in [5.74, 6) is 1.13. The summed E-state index contributed by atoms with van der Waals surface area (Å²) in [7, 11) is 0. The number of carbonyl (C=O) groups excluding carboxylic acids is 2. The zero-order valence-corrected chi connectivity index (χ0v) is 21.7. The Bertz CT molecular complexity index is 1540. The van der Waals surface area contributed by atoms with Crippen molar-refractivity contribution >= 4 is 29.1 Å².